The van der Waals surface area contributed by atoms with Crippen molar-refractivity contribution in [2.75, 3.05) is 11.9 Å². The number of hydrogen-bond donors (Lipinski definition) is 2. The summed E-state index contributed by atoms with van der Waals surface area (Å²) in [6.45, 7) is 6.28. The second kappa shape index (κ2) is 8.52. The molecule has 6 heteroatoms. The summed E-state index contributed by atoms with van der Waals surface area (Å²) in [5.41, 5.74) is 3.68. The van der Waals surface area contributed by atoms with Crippen LogP contribution in [0.4, 0.5) is 10.5 Å². The summed E-state index contributed by atoms with van der Waals surface area (Å²) >= 11 is 0. The predicted octanol–water partition coefficient (Wildman–Crippen LogP) is 4.98. The fourth-order valence-electron chi connectivity index (χ4n) is 5.17. The number of amides is 3. The first-order valence-electron chi connectivity index (χ1n) is 11.6. The van der Waals surface area contributed by atoms with Gasteiger partial charge in [-0.2, -0.15) is 0 Å². The number of para-hydroxylation sites is 1. The topological polar surface area (TPSA) is 70.7 Å². The van der Waals surface area contributed by atoms with Crippen LogP contribution < -0.4 is 15.4 Å². The molecule has 2 aliphatic heterocycles. The normalized spacial score (nSPS) is 22.9. The molecule has 0 unspecified atom stereocenters. The number of nitrogens with one attached hydrogen (secondary N) is 2. The number of carbonyl (C=O) groups excluding carboxylic acids is 2. The zero-order valence-corrected chi connectivity index (χ0v) is 19.7. The Morgan fingerprint density at radius 1 is 1.06 bits per heavy atom. The van der Waals surface area contributed by atoms with E-state index in [9.17, 15) is 9.59 Å². The monoisotopic (exact) mass is 455 g/mol. The Labute approximate surface area is 199 Å². The number of hydrogen-bond acceptors (Lipinski definition) is 3. The van der Waals surface area contributed by atoms with Crippen LogP contribution in [0.15, 0.2) is 72.8 Å². The number of urea groups is 1. The van der Waals surface area contributed by atoms with Gasteiger partial charge in [0.15, 0.2) is 5.72 Å². The van der Waals surface area contributed by atoms with Gasteiger partial charge in [-0.25, -0.2) is 4.79 Å². The van der Waals surface area contributed by atoms with E-state index < -0.39 is 17.7 Å². The van der Waals surface area contributed by atoms with Gasteiger partial charge in [-0.05, 0) is 50.5 Å². The molecule has 2 N–H and O–H groups in total. The minimum atomic E-state index is -1.14. The first-order valence-corrected chi connectivity index (χ1v) is 11.6. The van der Waals surface area contributed by atoms with E-state index >= 15 is 0 Å². The Bertz CT molecular complexity index is 1240. The summed E-state index contributed by atoms with van der Waals surface area (Å²) < 4.78 is 6.49. The van der Waals surface area contributed by atoms with Gasteiger partial charge in [0.1, 0.15) is 11.7 Å². The summed E-state index contributed by atoms with van der Waals surface area (Å²) in [5, 5.41) is 6.21. The number of aryl methyl sites for hydroxylation is 2. The number of fused-ring (bicyclic) bond motifs is 4. The van der Waals surface area contributed by atoms with Crippen molar-refractivity contribution in [3.63, 3.8) is 0 Å². The first-order chi connectivity index (χ1) is 16.4. The third-order valence-corrected chi connectivity index (χ3v) is 6.93. The Hall–Kier alpha value is -3.80. The zero-order chi connectivity index (χ0) is 23.9. The summed E-state index contributed by atoms with van der Waals surface area (Å²) in [7, 11) is 0. The Morgan fingerprint density at radius 2 is 1.79 bits per heavy atom. The third kappa shape index (κ3) is 3.79. The van der Waals surface area contributed by atoms with Gasteiger partial charge in [0, 0.05) is 17.8 Å². The Kier molecular flexibility index (Phi) is 5.52. The largest absolute Gasteiger partial charge is 0.467 e. The number of nitrogens with zero attached hydrogens (tertiary/aromatic N) is 1. The molecule has 1 fully saturated rings. The van der Waals surface area contributed by atoms with Gasteiger partial charge in [0.2, 0.25) is 5.91 Å². The first kappa shape index (κ1) is 22.0. The van der Waals surface area contributed by atoms with Crippen molar-refractivity contribution in [3.8, 4) is 5.75 Å². The van der Waals surface area contributed by atoms with Crippen LogP contribution in [0.5, 0.6) is 5.75 Å². The molecule has 2 heterocycles. The lowest BCUT2D eigenvalue weighted by Gasteiger charge is -2.54. The maximum atomic E-state index is 13.8. The van der Waals surface area contributed by atoms with Gasteiger partial charge >= 0.3 is 6.03 Å². The van der Waals surface area contributed by atoms with Gasteiger partial charge < -0.3 is 15.4 Å². The van der Waals surface area contributed by atoms with Crippen molar-refractivity contribution in [1.82, 2.24) is 10.2 Å². The van der Waals surface area contributed by atoms with Crippen LogP contribution in [0.3, 0.4) is 0 Å². The van der Waals surface area contributed by atoms with Gasteiger partial charge in [-0.3, -0.25) is 9.69 Å². The molecule has 3 atom stereocenters. The van der Waals surface area contributed by atoms with Gasteiger partial charge in [0.05, 0.1) is 6.04 Å². The number of ether oxygens (including phenoxy) is 1. The molecule has 2 aliphatic rings. The Morgan fingerprint density at radius 3 is 2.56 bits per heavy atom. The highest BCUT2D eigenvalue weighted by molar-refractivity contribution is 5.96. The molecule has 0 aromatic heterocycles. The molecule has 0 aliphatic carbocycles. The lowest BCUT2D eigenvalue weighted by Crippen LogP contribution is -2.72. The highest BCUT2D eigenvalue weighted by Gasteiger charge is 2.59. The van der Waals surface area contributed by atoms with Crippen molar-refractivity contribution < 1.29 is 14.3 Å². The van der Waals surface area contributed by atoms with E-state index in [1.54, 1.807) is 4.90 Å². The standard InChI is InChI=1S/C28H29N3O3/c1-18-13-14-22(19(2)17-18)29-26(32)24-25-21-11-7-8-12-23(21)34-28(24,3)31(27(33)30-25)16-15-20-9-5-4-6-10-20/h4-14,17,24-25H,15-16H2,1-3H3,(H,29,32)(H,30,33)/t24-,25+,28+/m1/s1. The SMILES string of the molecule is Cc1ccc(NC(=O)[C@H]2[C@H]3NC(=O)N(CCc4ccccc4)[C@@]2(C)Oc2ccccc23)c(C)c1. The van der Waals surface area contributed by atoms with Crippen LogP contribution in [0.25, 0.3) is 0 Å². The van der Waals surface area contributed by atoms with Crippen LogP contribution in [0.2, 0.25) is 0 Å². The highest BCUT2D eigenvalue weighted by atomic mass is 16.5. The maximum absolute atomic E-state index is 13.8. The van der Waals surface area contributed by atoms with Crippen molar-refractivity contribution >= 4 is 17.6 Å². The van der Waals surface area contributed by atoms with Crippen LogP contribution in [0, 0.1) is 19.8 Å². The molecule has 3 aromatic carbocycles. The molecule has 0 radical (unpaired) electrons. The zero-order valence-electron chi connectivity index (χ0n) is 19.7. The molecule has 0 spiro atoms. The minimum Gasteiger partial charge on any atom is -0.467 e. The second-order valence-corrected chi connectivity index (χ2v) is 9.29. The quantitative estimate of drug-likeness (QED) is 0.570. The summed E-state index contributed by atoms with van der Waals surface area (Å²) in [4.78, 5) is 28.7. The van der Waals surface area contributed by atoms with E-state index in [-0.39, 0.29) is 11.9 Å². The van der Waals surface area contributed by atoms with E-state index in [2.05, 4.69) is 10.6 Å². The molecule has 3 aromatic rings. The molecule has 1 saturated heterocycles. The van der Waals surface area contributed by atoms with E-state index in [0.29, 0.717) is 18.7 Å². The Balaban J connectivity index is 1.51. The molecule has 34 heavy (non-hydrogen) atoms. The smallest absolute Gasteiger partial charge is 0.321 e. The lowest BCUT2D eigenvalue weighted by atomic mass is 9.78. The fraction of sp³-hybridized carbons (Fsp3) is 0.286. The summed E-state index contributed by atoms with van der Waals surface area (Å²) in [5.74, 6) is -0.134. The van der Waals surface area contributed by atoms with E-state index in [0.717, 1.165) is 27.9 Å². The molecule has 5 rings (SSSR count). The second-order valence-electron chi connectivity index (χ2n) is 9.29. The van der Waals surface area contributed by atoms with E-state index in [4.69, 9.17) is 4.74 Å². The minimum absolute atomic E-state index is 0.182. The molecule has 2 bridgehead atoms. The van der Waals surface area contributed by atoms with Crippen molar-refractivity contribution in [1.29, 1.82) is 0 Å². The highest BCUT2D eigenvalue weighted by Crippen LogP contribution is 2.48. The predicted molar refractivity (Wildman–Crippen MR) is 132 cm³/mol. The van der Waals surface area contributed by atoms with Crippen LogP contribution >= 0.6 is 0 Å². The third-order valence-electron chi connectivity index (χ3n) is 6.93. The number of anilines is 1. The van der Waals surface area contributed by atoms with Gasteiger partial charge in [-0.1, -0.05) is 66.2 Å². The van der Waals surface area contributed by atoms with Crippen molar-refractivity contribution in [2.45, 2.75) is 39.0 Å². The molecule has 3 amide bonds. The number of rotatable bonds is 5. The van der Waals surface area contributed by atoms with Gasteiger partial charge in [-0.15, -0.1) is 0 Å². The van der Waals surface area contributed by atoms with Crippen molar-refractivity contribution in [2.24, 2.45) is 5.92 Å². The number of carbonyl (C=O) groups is 2. The molecular weight excluding hydrogens is 426 g/mol. The number of benzene rings is 3. The van der Waals surface area contributed by atoms with Crippen LogP contribution in [0.1, 0.15) is 35.2 Å². The van der Waals surface area contributed by atoms with E-state index in [1.165, 1.54) is 0 Å². The summed E-state index contributed by atoms with van der Waals surface area (Å²) in [6, 6.07) is 22.8. The lowest BCUT2D eigenvalue weighted by molar-refractivity contribution is -0.153. The van der Waals surface area contributed by atoms with Gasteiger partial charge in [0.25, 0.3) is 0 Å². The summed E-state index contributed by atoms with van der Waals surface area (Å²) in [6.07, 6.45) is 0.658. The molecule has 6 nitrogen and oxygen atoms in total. The molecule has 174 valence electrons. The fourth-order valence-corrected chi connectivity index (χ4v) is 5.17. The molecular formula is C28H29N3O3. The van der Waals surface area contributed by atoms with E-state index in [1.807, 2.05) is 93.6 Å². The molecule has 0 saturated carbocycles. The maximum Gasteiger partial charge on any atom is 0.321 e. The van der Waals surface area contributed by atoms with Crippen LogP contribution in [-0.2, 0) is 11.2 Å². The van der Waals surface area contributed by atoms with Crippen molar-refractivity contribution in [3.05, 3.63) is 95.1 Å². The average Bonchev–Trinajstić information content (AvgIpc) is 2.81. The average molecular weight is 456 g/mol. The van der Waals surface area contributed by atoms with Crippen LogP contribution in [-0.4, -0.2) is 29.1 Å².